The number of phenols is 2. The molecule has 0 fully saturated rings. The molecular weight excluding hydrogens is 480 g/mol. The fourth-order valence-corrected chi connectivity index (χ4v) is 4.02. The summed E-state index contributed by atoms with van der Waals surface area (Å²) in [6, 6.07) is 15.6. The molecule has 3 aromatic carbocycles. The normalized spacial score (nSPS) is 11.6. The minimum absolute atomic E-state index is 0.0634. The number of methoxy groups -OCH3 is 2. The molecular formula is C28H24O9. The summed E-state index contributed by atoms with van der Waals surface area (Å²) in [5.41, 5.74) is 1.49. The summed E-state index contributed by atoms with van der Waals surface area (Å²) in [6.45, 7) is -0.264. The third-order valence-corrected chi connectivity index (χ3v) is 5.95. The van der Waals surface area contributed by atoms with E-state index in [1.165, 1.54) is 44.7 Å². The second kappa shape index (κ2) is 10.9. The van der Waals surface area contributed by atoms with E-state index in [0.717, 1.165) is 0 Å². The Balaban J connectivity index is 1.80. The van der Waals surface area contributed by atoms with Crippen molar-refractivity contribution in [2.75, 3.05) is 20.8 Å². The summed E-state index contributed by atoms with van der Waals surface area (Å²) in [6.07, 6.45) is 1.15. The Morgan fingerprint density at radius 3 is 2.22 bits per heavy atom. The zero-order valence-electron chi connectivity index (χ0n) is 20.1. The number of rotatable bonds is 8. The molecule has 1 atom stereocenters. The number of ether oxygens (including phenoxy) is 3. The van der Waals surface area contributed by atoms with Gasteiger partial charge in [0.05, 0.1) is 31.6 Å². The van der Waals surface area contributed by atoms with E-state index in [1.54, 1.807) is 36.4 Å². The Labute approximate surface area is 211 Å². The van der Waals surface area contributed by atoms with Gasteiger partial charge in [-0.25, -0.2) is 4.79 Å². The Bertz CT molecular complexity index is 1490. The molecule has 0 aliphatic heterocycles. The van der Waals surface area contributed by atoms with Gasteiger partial charge in [-0.3, -0.25) is 9.59 Å². The van der Waals surface area contributed by atoms with Crippen LogP contribution in [0.3, 0.4) is 0 Å². The van der Waals surface area contributed by atoms with Crippen LogP contribution < -0.4 is 10.2 Å². The molecule has 0 aliphatic carbocycles. The van der Waals surface area contributed by atoms with E-state index in [4.69, 9.17) is 13.9 Å². The molecule has 190 valence electrons. The van der Waals surface area contributed by atoms with Crippen molar-refractivity contribution in [1.82, 2.24) is 0 Å². The molecule has 37 heavy (non-hydrogen) atoms. The number of aromatic hydroxyl groups is 2. The maximum absolute atomic E-state index is 13.4. The van der Waals surface area contributed by atoms with Gasteiger partial charge < -0.3 is 28.8 Å². The van der Waals surface area contributed by atoms with E-state index in [2.05, 4.69) is 4.74 Å². The molecule has 4 aromatic rings. The molecule has 0 bridgehead atoms. The van der Waals surface area contributed by atoms with Crippen molar-refractivity contribution in [3.63, 3.8) is 0 Å². The van der Waals surface area contributed by atoms with Gasteiger partial charge in [0, 0.05) is 11.5 Å². The zero-order chi connectivity index (χ0) is 26.5. The fraction of sp³-hybridized carbons (Fsp3) is 0.179. The van der Waals surface area contributed by atoms with Gasteiger partial charge in [-0.15, -0.1) is 0 Å². The van der Waals surface area contributed by atoms with Crippen LogP contribution in [0.4, 0.5) is 0 Å². The predicted octanol–water partition coefficient (Wildman–Crippen LogP) is 4.12. The number of phenolic OH excluding ortho intramolecular Hbond substituents is 2. The second-order valence-corrected chi connectivity index (χ2v) is 8.17. The van der Waals surface area contributed by atoms with Gasteiger partial charge in [0.2, 0.25) is 5.43 Å². The second-order valence-electron chi connectivity index (χ2n) is 8.17. The molecule has 0 radical (unpaired) electrons. The molecule has 0 spiro atoms. The van der Waals surface area contributed by atoms with E-state index >= 15 is 0 Å². The number of esters is 2. The average molecular weight is 504 g/mol. The third-order valence-electron chi connectivity index (χ3n) is 5.95. The van der Waals surface area contributed by atoms with E-state index in [0.29, 0.717) is 16.9 Å². The van der Waals surface area contributed by atoms with Crippen molar-refractivity contribution >= 4 is 22.9 Å². The van der Waals surface area contributed by atoms with Crippen LogP contribution in [-0.2, 0) is 19.1 Å². The van der Waals surface area contributed by atoms with E-state index in [1.807, 2.05) is 0 Å². The largest absolute Gasteiger partial charge is 0.508 e. The van der Waals surface area contributed by atoms with Crippen LogP contribution in [0.1, 0.15) is 23.5 Å². The van der Waals surface area contributed by atoms with Crippen molar-refractivity contribution in [3.05, 3.63) is 88.3 Å². The topological polar surface area (TPSA) is 132 Å². The van der Waals surface area contributed by atoms with Crippen LogP contribution in [0.2, 0.25) is 0 Å². The van der Waals surface area contributed by atoms with Crippen LogP contribution in [0.25, 0.3) is 22.1 Å². The predicted molar refractivity (Wildman–Crippen MR) is 134 cm³/mol. The van der Waals surface area contributed by atoms with Gasteiger partial charge in [-0.2, -0.15) is 0 Å². The first-order chi connectivity index (χ1) is 17.8. The lowest BCUT2D eigenvalue weighted by Gasteiger charge is -2.20. The average Bonchev–Trinajstić information content (AvgIpc) is 2.91. The van der Waals surface area contributed by atoms with E-state index < -0.39 is 17.9 Å². The molecule has 0 unspecified atom stereocenters. The highest BCUT2D eigenvalue weighted by atomic mass is 16.6. The Hall–Kier alpha value is -4.79. The van der Waals surface area contributed by atoms with Crippen molar-refractivity contribution < 1.29 is 38.4 Å². The quantitative estimate of drug-likeness (QED) is 0.340. The maximum Gasteiger partial charge on any atom is 0.343 e. The van der Waals surface area contributed by atoms with Gasteiger partial charge in [-0.1, -0.05) is 24.3 Å². The first-order valence-electron chi connectivity index (χ1n) is 11.3. The van der Waals surface area contributed by atoms with Gasteiger partial charge in [0.25, 0.3) is 0 Å². The van der Waals surface area contributed by atoms with Gasteiger partial charge in [0.1, 0.15) is 29.1 Å². The van der Waals surface area contributed by atoms with Crippen molar-refractivity contribution in [1.29, 1.82) is 0 Å². The molecule has 9 nitrogen and oxygen atoms in total. The van der Waals surface area contributed by atoms with Crippen LogP contribution in [-0.4, -0.2) is 43.0 Å². The number of benzene rings is 3. The van der Waals surface area contributed by atoms with E-state index in [9.17, 15) is 24.6 Å². The lowest BCUT2D eigenvalue weighted by Crippen LogP contribution is -2.13. The Morgan fingerprint density at radius 1 is 0.892 bits per heavy atom. The molecule has 2 N–H and O–H groups in total. The first-order valence-corrected chi connectivity index (χ1v) is 11.3. The van der Waals surface area contributed by atoms with Gasteiger partial charge in [0.15, 0.2) is 6.61 Å². The molecule has 1 heterocycles. The Kier molecular flexibility index (Phi) is 7.43. The summed E-state index contributed by atoms with van der Waals surface area (Å²) in [5.74, 6) is -1.49. The molecule has 0 amide bonds. The number of hydrogen-bond donors (Lipinski definition) is 2. The van der Waals surface area contributed by atoms with Crippen molar-refractivity contribution in [2.45, 2.75) is 12.3 Å². The summed E-state index contributed by atoms with van der Waals surface area (Å²) < 4.78 is 20.7. The maximum atomic E-state index is 13.4. The van der Waals surface area contributed by atoms with Crippen LogP contribution in [0.5, 0.6) is 17.2 Å². The number of carbonyl (C=O) groups excluding carboxylic acids is 2. The standard InChI is InChI=1S/C28H24O9/c1-34-24(31)13-21(16-5-9-19(10-6-16)36-15-25(32)35-2)26-23(30)12-11-20-27(33)22(14-37-28(20)26)17-3-7-18(29)8-4-17/h3-12,14,21,29-30H,13,15H2,1-2H3/t21-/m1/s1. The summed E-state index contributed by atoms with van der Waals surface area (Å²) in [7, 11) is 2.52. The number of hydrogen-bond acceptors (Lipinski definition) is 9. The van der Waals surface area contributed by atoms with Gasteiger partial charge >= 0.3 is 11.9 Å². The van der Waals surface area contributed by atoms with Crippen molar-refractivity contribution in [2.24, 2.45) is 0 Å². The van der Waals surface area contributed by atoms with Crippen LogP contribution in [0, 0.1) is 0 Å². The van der Waals surface area contributed by atoms with Crippen molar-refractivity contribution in [3.8, 4) is 28.4 Å². The molecule has 0 aliphatic rings. The third kappa shape index (κ3) is 5.40. The molecule has 1 aromatic heterocycles. The molecule has 4 rings (SSSR count). The number of carbonyl (C=O) groups is 2. The first kappa shape index (κ1) is 25.3. The molecule has 0 saturated carbocycles. The fourth-order valence-electron chi connectivity index (χ4n) is 4.02. The lowest BCUT2D eigenvalue weighted by atomic mass is 9.86. The highest BCUT2D eigenvalue weighted by molar-refractivity contribution is 5.87. The SMILES string of the molecule is COC(=O)COc1ccc([C@@H](CC(=O)OC)c2c(O)ccc3c(=O)c(-c4ccc(O)cc4)coc23)cc1. The summed E-state index contributed by atoms with van der Waals surface area (Å²) in [4.78, 5) is 37.0. The minimum Gasteiger partial charge on any atom is -0.508 e. The van der Waals surface area contributed by atoms with E-state index in [-0.39, 0.29) is 52.1 Å². The molecule has 0 saturated heterocycles. The lowest BCUT2D eigenvalue weighted by molar-refractivity contribution is -0.143. The smallest absolute Gasteiger partial charge is 0.343 e. The molecule has 9 heteroatoms. The summed E-state index contributed by atoms with van der Waals surface area (Å²) in [5, 5.41) is 20.6. The van der Waals surface area contributed by atoms with Gasteiger partial charge in [-0.05, 0) is 47.5 Å². The van der Waals surface area contributed by atoms with Crippen LogP contribution >= 0.6 is 0 Å². The highest BCUT2D eigenvalue weighted by Crippen LogP contribution is 2.39. The monoisotopic (exact) mass is 504 g/mol. The zero-order valence-corrected chi connectivity index (χ0v) is 20.1. The number of fused-ring (bicyclic) bond motifs is 1. The summed E-state index contributed by atoms with van der Waals surface area (Å²) >= 11 is 0. The Morgan fingerprint density at radius 2 is 1.57 bits per heavy atom. The highest BCUT2D eigenvalue weighted by Gasteiger charge is 2.27. The minimum atomic E-state index is -0.728. The van der Waals surface area contributed by atoms with Crippen LogP contribution in [0.15, 0.2) is 76.1 Å².